The Labute approximate surface area is 100 Å². The van der Waals surface area contributed by atoms with Gasteiger partial charge in [0.15, 0.2) is 0 Å². The molecular formula is C12H7BrClN. The number of benzene rings is 2. The summed E-state index contributed by atoms with van der Waals surface area (Å²) in [7, 11) is 0. The second-order valence-electron chi connectivity index (χ2n) is 3.50. The average Bonchev–Trinajstić information content (AvgIpc) is 2.56. The topological polar surface area (TPSA) is 15.8 Å². The lowest BCUT2D eigenvalue weighted by Gasteiger charge is -1.93. The second kappa shape index (κ2) is 3.26. The fourth-order valence-electron chi connectivity index (χ4n) is 1.84. The third kappa shape index (κ3) is 1.45. The van der Waals surface area contributed by atoms with Gasteiger partial charge in [-0.3, -0.25) is 0 Å². The molecule has 0 saturated carbocycles. The molecule has 2 aromatic carbocycles. The number of fused-ring (bicyclic) bond motifs is 3. The number of aromatic amines is 1. The van der Waals surface area contributed by atoms with Crippen LogP contribution in [0.15, 0.2) is 40.9 Å². The van der Waals surface area contributed by atoms with E-state index in [1.165, 1.54) is 10.8 Å². The summed E-state index contributed by atoms with van der Waals surface area (Å²) in [6, 6.07) is 12.1. The minimum Gasteiger partial charge on any atom is -0.355 e. The van der Waals surface area contributed by atoms with Crippen LogP contribution in [0.1, 0.15) is 0 Å². The number of nitrogens with one attached hydrogen (secondary N) is 1. The van der Waals surface area contributed by atoms with E-state index in [1.54, 1.807) is 0 Å². The van der Waals surface area contributed by atoms with E-state index in [0.717, 1.165) is 20.5 Å². The van der Waals surface area contributed by atoms with E-state index in [2.05, 4.69) is 33.0 Å². The molecule has 0 radical (unpaired) electrons. The number of H-pyrrole nitrogens is 1. The Bertz CT molecular complexity index is 601. The molecule has 0 bridgehead atoms. The maximum atomic E-state index is 5.99. The molecule has 0 amide bonds. The predicted molar refractivity (Wildman–Crippen MR) is 68.5 cm³/mol. The van der Waals surface area contributed by atoms with Gasteiger partial charge in [0, 0.05) is 31.3 Å². The molecule has 1 N–H and O–H groups in total. The molecule has 1 nitrogen and oxygen atoms in total. The molecule has 0 saturated heterocycles. The van der Waals surface area contributed by atoms with Gasteiger partial charge in [-0.05, 0) is 36.4 Å². The number of rotatable bonds is 0. The van der Waals surface area contributed by atoms with E-state index in [0.29, 0.717) is 0 Å². The zero-order chi connectivity index (χ0) is 10.4. The molecule has 3 rings (SSSR count). The highest BCUT2D eigenvalue weighted by molar-refractivity contribution is 9.10. The Morgan fingerprint density at radius 2 is 1.60 bits per heavy atom. The lowest BCUT2D eigenvalue weighted by molar-refractivity contribution is 1.54. The van der Waals surface area contributed by atoms with Gasteiger partial charge in [-0.2, -0.15) is 0 Å². The van der Waals surface area contributed by atoms with E-state index >= 15 is 0 Å². The van der Waals surface area contributed by atoms with Crippen molar-refractivity contribution in [3.63, 3.8) is 0 Å². The zero-order valence-corrected chi connectivity index (χ0v) is 10.1. The number of halogens is 2. The molecule has 0 aliphatic heterocycles. The Morgan fingerprint density at radius 1 is 0.933 bits per heavy atom. The summed E-state index contributed by atoms with van der Waals surface area (Å²) in [5, 5.41) is 3.13. The van der Waals surface area contributed by atoms with Gasteiger partial charge in [0.1, 0.15) is 0 Å². The molecule has 0 unspecified atom stereocenters. The Morgan fingerprint density at radius 3 is 2.40 bits per heavy atom. The number of hydrogen-bond acceptors (Lipinski definition) is 0. The highest BCUT2D eigenvalue weighted by atomic mass is 79.9. The number of aromatic nitrogens is 1. The summed E-state index contributed by atoms with van der Waals surface area (Å²) < 4.78 is 1.08. The quantitative estimate of drug-likeness (QED) is 0.612. The van der Waals surface area contributed by atoms with Crippen molar-refractivity contribution in [3.05, 3.63) is 45.9 Å². The van der Waals surface area contributed by atoms with Gasteiger partial charge in [-0.1, -0.05) is 27.5 Å². The van der Waals surface area contributed by atoms with E-state index in [9.17, 15) is 0 Å². The van der Waals surface area contributed by atoms with Crippen molar-refractivity contribution in [1.82, 2.24) is 4.98 Å². The van der Waals surface area contributed by atoms with Crippen LogP contribution in [0.4, 0.5) is 0 Å². The standard InChI is InChI=1S/C12H7BrClN/c13-7-1-3-11-9(5-7)10-6-8(14)2-4-12(10)15-11/h1-6,15H. The fourth-order valence-corrected chi connectivity index (χ4v) is 2.37. The minimum atomic E-state index is 0.767. The normalized spacial score (nSPS) is 11.3. The van der Waals surface area contributed by atoms with Crippen LogP contribution in [0.2, 0.25) is 5.02 Å². The minimum absolute atomic E-state index is 0.767. The van der Waals surface area contributed by atoms with Crippen molar-refractivity contribution >= 4 is 49.3 Å². The Balaban J connectivity index is 2.55. The van der Waals surface area contributed by atoms with Crippen LogP contribution < -0.4 is 0 Å². The van der Waals surface area contributed by atoms with Crippen molar-refractivity contribution in [1.29, 1.82) is 0 Å². The van der Waals surface area contributed by atoms with Crippen LogP contribution in [-0.4, -0.2) is 4.98 Å². The first kappa shape index (κ1) is 9.25. The third-order valence-electron chi connectivity index (χ3n) is 2.52. The van der Waals surface area contributed by atoms with E-state index in [1.807, 2.05) is 24.3 Å². The molecule has 3 aromatic rings. The largest absolute Gasteiger partial charge is 0.355 e. The smallest absolute Gasteiger partial charge is 0.0465 e. The van der Waals surface area contributed by atoms with Gasteiger partial charge in [0.25, 0.3) is 0 Å². The monoisotopic (exact) mass is 279 g/mol. The van der Waals surface area contributed by atoms with Gasteiger partial charge in [-0.25, -0.2) is 0 Å². The summed E-state index contributed by atoms with van der Waals surface area (Å²) in [5.74, 6) is 0. The number of hydrogen-bond donors (Lipinski definition) is 1. The second-order valence-corrected chi connectivity index (χ2v) is 4.86. The summed E-state index contributed by atoms with van der Waals surface area (Å²) in [6.07, 6.45) is 0. The molecule has 1 heterocycles. The van der Waals surface area contributed by atoms with Gasteiger partial charge in [0.2, 0.25) is 0 Å². The molecule has 0 atom stereocenters. The molecule has 0 aliphatic rings. The van der Waals surface area contributed by atoms with Gasteiger partial charge in [0.05, 0.1) is 0 Å². The molecule has 3 heteroatoms. The summed E-state index contributed by atoms with van der Waals surface area (Å²) in [4.78, 5) is 3.35. The van der Waals surface area contributed by atoms with E-state index in [-0.39, 0.29) is 0 Å². The molecule has 15 heavy (non-hydrogen) atoms. The fraction of sp³-hybridized carbons (Fsp3) is 0. The van der Waals surface area contributed by atoms with Crippen LogP contribution in [0, 0.1) is 0 Å². The molecule has 1 aromatic heterocycles. The van der Waals surface area contributed by atoms with Crippen LogP contribution in [0.5, 0.6) is 0 Å². The van der Waals surface area contributed by atoms with Crippen molar-refractivity contribution in [2.75, 3.05) is 0 Å². The molecule has 74 valence electrons. The summed E-state index contributed by atoms with van der Waals surface area (Å²) in [6.45, 7) is 0. The van der Waals surface area contributed by atoms with Crippen molar-refractivity contribution in [3.8, 4) is 0 Å². The highest BCUT2D eigenvalue weighted by Gasteiger charge is 2.04. The first-order valence-corrected chi connectivity index (χ1v) is 5.77. The SMILES string of the molecule is Clc1ccc2[nH]c3ccc(Br)cc3c2c1. The lowest BCUT2D eigenvalue weighted by Crippen LogP contribution is -1.67. The molecule has 0 fully saturated rings. The van der Waals surface area contributed by atoms with Gasteiger partial charge >= 0.3 is 0 Å². The van der Waals surface area contributed by atoms with E-state index in [4.69, 9.17) is 11.6 Å². The molecule has 0 aliphatic carbocycles. The summed E-state index contributed by atoms with van der Waals surface area (Å²) in [5.41, 5.74) is 2.25. The van der Waals surface area contributed by atoms with Crippen molar-refractivity contribution in [2.45, 2.75) is 0 Å². The maximum absolute atomic E-state index is 5.99. The van der Waals surface area contributed by atoms with E-state index < -0.39 is 0 Å². The first-order chi connectivity index (χ1) is 7.24. The van der Waals surface area contributed by atoms with Crippen LogP contribution in [-0.2, 0) is 0 Å². The Kier molecular flexibility index (Phi) is 2.01. The van der Waals surface area contributed by atoms with Crippen LogP contribution in [0.25, 0.3) is 21.8 Å². The third-order valence-corrected chi connectivity index (χ3v) is 3.25. The molecule has 0 spiro atoms. The lowest BCUT2D eigenvalue weighted by atomic mass is 10.1. The van der Waals surface area contributed by atoms with Crippen molar-refractivity contribution < 1.29 is 0 Å². The summed E-state index contributed by atoms with van der Waals surface area (Å²) >= 11 is 9.46. The highest BCUT2D eigenvalue weighted by Crippen LogP contribution is 2.29. The average molecular weight is 281 g/mol. The van der Waals surface area contributed by atoms with Crippen molar-refractivity contribution in [2.24, 2.45) is 0 Å². The van der Waals surface area contributed by atoms with Crippen LogP contribution >= 0.6 is 27.5 Å². The zero-order valence-electron chi connectivity index (χ0n) is 7.72. The van der Waals surface area contributed by atoms with Crippen LogP contribution in [0.3, 0.4) is 0 Å². The predicted octanol–water partition coefficient (Wildman–Crippen LogP) is 4.74. The Hall–Kier alpha value is -0.990. The first-order valence-electron chi connectivity index (χ1n) is 4.60. The van der Waals surface area contributed by atoms with Gasteiger partial charge < -0.3 is 4.98 Å². The maximum Gasteiger partial charge on any atom is 0.0465 e. The molecular weight excluding hydrogens is 273 g/mol. The van der Waals surface area contributed by atoms with Gasteiger partial charge in [-0.15, -0.1) is 0 Å².